The molecule has 2 rings (SSSR count). The van der Waals surface area contributed by atoms with E-state index in [-0.39, 0.29) is 29.6 Å². The van der Waals surface area contributed by atoms with Gasteiger partial charge in [-0.25, -0.2) is 0 Å². The van der Waals surface area contributed by atoms with Crippen molar-refractivity contribution < 1.29 is 19.7 Å². The third-order valence-electron chi connectivity index (χ3n) is 3.71. The lowest BCUT2D eigenvalue weighted by atomic mass is 9.98. The van der Waals surface area contributed by atoms with Crippen molar-refractivity contribution in [3.05, 3.63) is 23.8 Å². The van der Waals surface area contributed by atoms with Crippen molar-refractivity contribution in [1.82, 2.24) is 5.32 Å². The highest BCUT2D eigenvalue weighted by atomic mass is 16.5. The van der Waals surface area contributed by atoms with Gasteiger partial charge in [0.05, 0.1) is 24.8 Å². The Bertz CT molecular complexity index is 467. The summed E-state index contributed by atoms with van der Waals surface area (Å²) >= 11 is 0. The van der Waals surface area contributed by atoms with E-state index < -0.39 is 5.54 Å². The topological polar surface area (TPSA) is 78.8 Å². The first kappa shape index (κ1) is 13.7. The van der Waals surface area contributed by atoms with Crippen LogP contribution in [0.15, 0.2) is 18.2 Å². The average Bonchev–Trinajstić information content (AvgIpc) is 2.88. The lowest BCUT2D eigenvalue weighted by Crippen LogP contribution is -2.49. The van der Waals surface area contributed by atoms with Crippen LogP contribution in [0.2, 0.25) is 0 Å². The second kappa shape index (κ2) is 5.48. The van der Waals surface area contributed by atoms with E-state index in [2.05, 4.69) is 5.32 Å². The van der Waals surface area contributed by atoms with Gasteiger partial charge in [0.15, 0.2) is 11.5 Å². The number of carbonyl (C=O) groups excluding carboxylic acids is 1. The molecule has 104 valence electrons. The number of aromatic hydroxyl groups is 1. The first-order valence-corrected chi connectivity index (χ1v) is 6.41. The highest BCUT2D eigenvalue weighted by Crippen LogP contribution is 2.32. The Balaban J connectivity index is 2.20. The molecule has 5 heteroatoms. The van der Waals surface area contributed by atoms with Crippen LogP contribution in [-0.4, -0.2) is 35.4 Å². The molecule has 0 unspecified atom stereocenters. The Kier molecular flexibility index (Phi) is 3.95. The molecule has 5 nitrogen and oxygen atoms in total. The second-order valence-electron chi connectivity index (χ2n) is 4.96. The summed E-state index contributed by atoms with van der Waals surface area (Å²) < 4.78 is 4.98. The normalized spacial score (nSPS) is 17.2. The molecular weight excluding hydrogens is 246 g/mol. The number of rotatable bonds is 4. The summed E-state index contributed by atoms with van der Waals surface area (Å²) in [7, 11) is 1.43. The van der Waals surface area contributed by atoms with Crippen LogP contribution in [0.4, 0.5) is 0 Å². The Morgan fingerprint density at radius 1 is 1.42 bits per heavy atom. The summed E-state index contributed by atoms with van der Waals surface area (Å²) in [5.74, 6) is -0.293. The number of para-hydroxylation sites is 1. The van der Waals surface area contributed by atoms with Gasteiger partial charge in [0, 0.05) is 0 Å². The molecule has 1 aliphatic carbocycles. The van der Waals surface area contributed by atoms with Crippen LogP contribution >= 0.6 is 0 Å². The van der Waals surface area contributed by atoms with Gasteiger partial charge in [-0.05, 0) is 25.0 Å². The number of ether oxygens (including phenoxy) is 1. The largest absolute Gasteiger partial charge is 0.504 e. The van der Waals surface area contributed by atoms with Gasteiger partial charge < -0.3 is 20.3 Å². The van der Waals surface area contributed by atoms with E-state index in [1.165, 1.54) is 13.2 Å². The number of aliphatic hydroxyl groups is 1. The number of benzene rings is 1. The lowest BCUT2D eigenvalue weighted by Gasteiger charge is -2.28. The summed E-state index contributed by atoms with van der Waals surface area (Å²) in [5, 5.41) is 22.3. The molecule has 3 N–H and O–H groups in total. The number of phenols is 1. The SMILES string of the molecule is COc1cccc(C(=O)NC2(CO)CCCC2)c1O. The number of aliphatic hydroxyl groups excluding tert-OH is 1. The van der Waals surface area contributed by atoms with Crippen molar-refractivity contribution >= 4 is 5.91 Å². The zero-order chi connectivity index (χ0) is 13.9. The van der Waals surface area contributed by atoms with Crippen molar-refractivity contribution in [2.24, 2.45) is 0 Å². The summed E-state index contributed by atoms with van der Waals surface area (Å²) in [6.45, 7) is -0.0799. The smallest absolute Gasteiger partial charge is 0.255 e. The first-order valence-electron chi connectivity index (χ1n) is 6.41. The molecule has 0 aliphatic heterocycles. The van der Waals surface area contributed by atoms with Crippen LogP contribution in [-0.2, 0) is 0 Å². The Morgan fingerprint density at radius 3 is 2.68 bits per heavy atom. The van der Waals surface area contributed by atoms with E-state index in [1.54, 1.807) is 12.1 Å². The second-order valence-corrected chi connectivity index (χ2v) is 4.96. The molecule has 1 saturated carbocycles. The molecule has 0 atom stereocenters. The molecule has 1 amide bonds. The molecule has 1 fully saturated rings. The maximum absolute atomic E-state index is 12.2. The molecule has 19 heavy (non-hydrogen) atoms. The van der Waals surface area contributed by atoms with Gasteiger partial charge in [0.1, 0.15) is 0 Å². The predicted molar refractivity (Wildman–Crippen MR) is 70.4 cm³/mol. The van der Waals surface area contributed by atoms with Crippen molar-refractivity contribution in [2.75, 3.05) is 13.7 Å². The third kappa shape index (κ3) is 2.66. The van der Waals surface area contributed by atoms with Crippen LogP contribution < -0.4 is 10.1 Å². The minimum atomic E-state index is -0.549. The van der Waals surface area contributed by atoms with Gasteiger partial charge in [0.25, 0.3) is 5.91 Å². The standard InChI is InChI=1S/C14H19NO4/c1-19-11-6-4-5-10(12(11)17)13(18)15-14(9-16)7-2-3-8-14/h4-6,16-17H,2-3,7-9H2,1H3,(H,15,18). The minimum Gasteiger partial charge on any atom is -0.504 e. The van der Waals surface area contributed by atoms with Crippen molar-refractivity contribution in [2.45, 2.75) is 31.2 Å². The van der Waals surface area contributed by atoms with E-state index in [9.17, 15) is 15.0 Å². The minimum absolute atomic E-state index is 0.0799. The van der Waals surface area contributed by atoms with E-state index in [1.807, 2.05) is 0 Å². The van der Waals surface area contributed by atoms with Crippen LogP contribution in [0.25, 0.3) is 0 Å². The van der Waals surface area contributed by atoms with Crippen LogP contribution in [0.1, 0.15) is 36.0 Å². The molecule has 0 aromatic heterocycles. The van der Waals surface area contributed by atoms with Gasteiger partial charge in [-0.1, -0.05) is 18.9 Å². The lowest BCUT2D eigenvalue weighted by molar-refractivity contribution is 0.0835. The fourth-order valence-electron chi connectivity index (χ4n) is 2.55. The molecule has 0 bridgehead atoms. The fraction of sp³-hybridized carbons (Fsp3) is 0.500. The number of methoxy groups -OCH3 is 1. The number of hydrogen-bond acceptors (Lipinski definition) is 4. The zero-order valence-electron chi connectivity index (χ0n) is 11.0. The Hall–Kier alpha value is -1.75. The quantitative estimate of drug-likeness (QED) is 0.769. The van der Waals surface area contributed by atoms with Gasteiger partial charge in [-0.15, -0.1) is 0 Å². The number of hydrogen-bond donors (Lipinski definition) is 3. The molecule has 0 spiro atoms. The molecule has 0 radical (unpaired) electrons. The van der Waals surface area contributed by atoms with E-state index in [0.29, 0.717) is 0 Å². The third-order valence-corrected chi connectivity index (χ3v) is 3.71. The number of amides is 1. The summed E-state index contributed by atoms with van der Waals surface area (Å²) in [6, 6.07) is 4.77. The van der Waals surface area contributed by atoms with Gasteiger partial charge in [-0.3, -0.25) is 4.79 Å². The van der Waals surface area contributed by atoms with E-state index in [0.717, 1.165) is 25.7 Å². The summed E-state index contributed by atoms with van der Waals surface area (Å²) in [4.78, 5) is 12.2. The number of phenolic OH excluding ortho intramolecular Hbond substituents is 1. The van der Waals surface area contributed by atoms with Crippen LogP contribution in [0, 0.1) is 0 Å². The highest BCUT2D eigenvalue weighted by Gasteiger charge is 2.35. The molecule has 1 aromatic rings. The maximum atomic E-state index is 12.2. The molecule has 0 saturated heterocycles. The Morgan fingerprint density at radius 2 is 2.11 bits per heavy atom. The fourth-order valence-corrected chi connectivity index (χ4v) is 2.55. The van der Waals surface area contributed by atoms with Gasteiger partial charge >= 0.3 is 0 Å². The first-order chi connectivity index (χ1) is 9.12. The van der Waals surface area contributed by atoms with E-state index in [4.69, 9.17) is 4.74 Å². The van der Waals surface area contributed by atoms with E-state index >= 15 is 0 Å². The summed E-state index contributed by atoms with van der Waals surface area (Å²) in [5.41, 5.74) is -0.383. The summed E-state index contributed by atoms with van der Waals surface area (Å²) in [6.07, 6.45) is 3.51. The number of nitrogens with one attached hydrogen (secondary N) is 1. The monoisotopic (exact) mass is 265 g/mol. The van der Waals surface area contributed by atoms with Crippen LogP contribution in [0.3, 0.4) is 0 Å². The van der Waals surface area contributed by atoms with Crippen molar-refractivity contribution in [1.29, 1.82) is 0 Å². The van der Waals surface area contributed by atoms with Gasteiger partial charge in [-0.2, -0.15) is 0 Å². The average molecular weight is 265 g/mol. The molecule has 1 aromatic carbocycles. The zero-order valence-corrected chi connectivity index (χ0v) is 11.0. The molecule has 0 heterocycles. The van der Waals surface area contributed by atoms with Gasteiger partial charge in [0.2, 0.25) is 0 Å². The van der Waals surface area contributed by atoms with Crippen molar-refractivity contribution in [3.8, 4) is 11.5 Å². The molecular formula is C14H19NO4. The highest BCUT2D eigenvalue weighted by molar-refractivity contribution is 5.98. The van der Waals surface area contributed by atoms with Crippen molar-refractivity contribution in [3.63, 3.8) is 0 Å². The van der Waals surface area contributed by atoms with Crippen LogP contribution in [0.5, 0.6) is 11.5 Å². The maximum Gasteiger partial charge on any atom is 0.255 e. The molecule has 1 aliphatic rings. The predicted octanol–water partition coefficient (Wildman–Crippen LogP) is 1.44. The number of carbonyl (C=O) groups is 1. The Labute approximate surface area is 112 Å².